The second-order valence-corrected chi connectivity index (χ2v) is 8.13. The van der Waals surface area contributed by atoms with Crippen molar-refractivity contribution < 1.29 is 9.90 Å². The van der Waals surface area contributed by atoms with Crippen LogP contribution in [0.5, 0.6) is 0 Å². The van der Waals surface area contributed by atoms with Crippen LogP contribution in [0.25, 0.3) is 11.4 Å². The molecular formula is C22H21BrClN3O3. The molecule has 1 amide bonds. The van der Waals surface area contributed by atoms with Crippen molar-refractivity contribution in [2.45, 2.75) is 26.4 Å². The summed E-state index contributed by atoms with van der Waals surface area (Å²) in [6.07, 6.45) is 0.174. The van der Waals surface area contributed by atoms with E-state index in [1.54, 1.807) is 31.2 Å². The van der Waals surface area contributed by atoms with Crippen LogP contribution in [0.3, 0.4) is 0 Å². The average Bonchev–Trinajstić information content (AvgIpc) is 2.71. The van der Waals surface area contributed by atoms with Crippen LogP contribution < -0.4 is 10.9 Å². The molecule has 1 heterocycles. The molecule has 1 aromatic heterocycles. The minimum atomic E-state index is -0.343. The van der Waals surface area contributed by atoms with E-state index in [4.69, 9.17) is 11.6 Å². The Bertz CT molecular complexity index is 1130. The summed E-state index contributed by atoms with van der Waals surface area (Å²) in [5, 5.41) is 12.7. The van der Waals surface area contributed by atoms with E-state index in [2.05, 4.69) is 26.2 Å². The lowest BCUT2D eigenvalue weighted by atomic mass is 10.1. The van der Waals surface area contributed by atoms with Gasteiger partial charge in [0.15, 0.2) is 0 Å². The number of hydrogen-bond acceptors (Lipinski definition) is 4. The van der Waals surface area contributed by atoms with Gasteiger partial charge in [0.25, 0.3) is 5.56 Å². The number of aryl methyl sites for hydroxylation is 1. The Morgan fingerprint density at radius 3 is 2.70 bits per heavy atom. The highest BCUT2D eigenvalue weighted by Gasteiger charge is 2.18. The standard InChI is InChI=1S/C22H21BrClN3O3/c1-14-19(8-9-28)22(30)27(21(26-14)16-5-3-7-18(24)11-16)13-20(29)25-12-15-4-2-6-17(23)10-15/h2-7,10-11,28H,8-9,12-13H2,1H3,(H,25,29). The monoisotopic (exact) mass is 489 g/mol. The van der Waals surface area contributed by atoms with Crippen molar-refractivity contribution in [1.29, 1.82) is 0 Å². The topological polar surface area (TPSA) is 84.2 Å². The summed E-state index contributed by atoms with van der Waals surface area (Å²) in [6, 6.07) is 14.6. The maximum Gasteiger partial charge on any atom is 0.257 e. The zero-order valence-corrected chi connectivity index (χ0v) is 18.7. The molecule has 3 aromatic rings. The fraction of sp³-hybridized carbons (Fsp3) is 0.227. The van der Waals surface area contributed by atoms with E-state index in [-0.39, 0.29) is 31.0 Å². The van der Waals surface area contributed by atoms with Gasteiger partial charge in [-0.1, -0.05) is 51.8 Å². The highest BCUT2D eigenvalue weighted by molar-refractivity contribution is 9.10. The highest BCUT2D eigenvalue weighted by atomic mass is 79.9. The lowest BCUT2D eigenvalue weighted by Gasteiger charge is -2.16. The summed E-state index contributed by atoms with van der Waals surface area (Å²) in [4.78, 5) is 30.3. The fourth-order valence-corrected chi connectivity index (χ4v) is 3.78. The molecular weight excluding hydrogens is 470 g/mol. The van der Waals surface area contributed by atoms with Crippen molar-refractivity contribution in [2.75, 3.05) is 6.61 Å². The number of benzene rings is 2. The number of nitrogens with one attached hydrogen (secondary N) is 1. The van der Waals surface area contributed by atoms with E-state index in [0.717, 1.165) is 10.0 Å². The van der Waals surface area contributed by atoms with Crippen LogP contribution >= 0.6 is 27.5 Å². The van der Waals surface area contributed by atoms with E-state index in [9.17, 15) is 14.7 Å². The summed E-state index contributed by atoms with van der Waals surface area (Å²) >= 11 is 9.52. The van der Waals surface area contributed by atoms with E-state index >= 15 is 0 Å². The van der Waals surface area contributed by atoms with Crippen molar-refractivity contribution in [1.82, 2.24) is 14.9 Å². The first kappa shape index (κ1) is 22.2. The maximum absolute atomic E-state index is 13.1. The van der Waals surface area contributed by atoms with Crippen LogP contribution in [-0.4, -0.2) is 27.2 Å². The number of aliphatic hydroxyl groups is 1. The number of rotatable bonds is 7. The molecule has 0 aliphatic rings. The van der Waals surface area contributed by atoms with Gasteiger partial charge < -0.3 is 10.4 Å². The quantitative estimate of drug-likeness (QED) is 0.531. The Morgan fingerprint density at radius 1 is 1.23 bits per heavy atom. The minimum absolute atomic E-state index is 0.174. The molecule has 0 aliphatic carbocycles. The molecule has 0 atom stereocenters. The molecule has 8 heteroatoms. The van der Waals surface area contributed by atoms with Crippen LogP contribution in [0.1, 0.15) is 16.8 Å². The third-order valence-corrected chi connectivity index (χ3v) is 5.32. The first-order valence-electron chi connectivity index (χ1n) is 9.37. The highest BCUT2D eigenvalue weighted by Crippen LogP contribution is 2.21. The first-order chi connectivity index (χ1) is 14.4. The molecule has 156 valence electrons. The largest absolute Gasteiger partial charge is 0.396 e. The number of nitrogens with zero attached hydrogens (tertiary/aromatic N) is 2. The molecule has 0 unspecified atom stereocenters. The molecule has 0 radical (unpaired) electrons. The molecule has 0 saturated carbocycles. The Morgan fingerprint density at radius 2 is 2.00 bits per heavy atom. The molecule has 0 spiro atoms. The van der Waals surface area contributed by atoms with Crippen LogP contribution in [-0.2, 0) is 24.3 Å². The van der Waals surface area contributed by atoms with Crippen molar-refractivity contribution in [3.05, 3.63) is 85.2 Å². The lowest BCUT2D eigenvalue weighted by molar-refractivity contribution is -0.121. The number of amides is 1. The zero-order valence-electron chi connectivity index (χ0n) is 16.4. The van der Waals surface area contributed by atoms with Gasteiger partial charge in [-0.3, -0.25) is 14.2 Å². The third-order valence-electron chi connectivity index (χ3n) is 4.59. The number of aromatic nitrogens is 2. The molecule has 0 bridgehead atoms. The predicted molar refractivity (Wildman–Crippen MR) is 120 cm³/mol. The van der Waals surface area contributed by atoms with Gasteiger partial charge in [0, 0.05) is 45.9 Å². The summed E-state index contributed by atoms with van der Waals surface area (Å²) in [6.45, 7) is 1.68. The molecule has 0 saturated heterocycles. The van der Waals surface area contributed by atoms with Crippen molar-refractivity contribution in [3.8, 4) is 11.4 Å². The van der Waals surface area contributed by atoms with Gasteiger partial charge in [0.2, 0.25) is 5.91 Å². The fourth-order valence-electron chi connectivity index (χ4n) is 3.14. The van der Waals surface area contributed by atoms with Gasteiger partial charge in [-0.2, -0.15) is 0 Å². The Hall–Kier alpha value is -2.48. The second kappa shape index (κ2) is 10.0. The van der Waals surface area contributed by atoms with E-state index in [0.29, 0.717) is 34.2 Å². The summed E-state index contributed by atoms with van der Waals surface area (Å²) in [5.41, 5.74) is 2.14. The summed E-state index contributed by atoms with van der Waals surface area (Å²) < 4.78 is 2.25. The second-order valence-electron chi connectivity index (χ2n) is 6.78. The van der Waals surface area contributed by atoms with Gasteiger partial charge in [0.05, 0.1) is 0 Å². The van der Waals surface area contributed by atoms with E-state index in [1.807, 2.05) is 24.3 Å². The molecule has 2 aromatic carbocycles. The van der Waals surface area contributed by atoms with Gasteiger partial charge in [-0.05, 0) is 36.8 Å². The number of hydrogen-bond donors (Lipinski definition) is 2. The van der Waals surface area contributed by atoms with E-state index < -0.39 is 0 Å². The number of halogens is 2. The smallest absolute Gasteiger partial charge is 0.257 e. The first-order valence-corrected chi connectivity index (χ1v) is 10.5. The lowest BCUT2D eigenvalue weighted by Crippen LogP contribution is -2.35. The van der Waals surface area contributed by atoms with Crippen LogP contribution in [0.2, 0.25) is 5.02 Å². The number of aliphatic hydroxyl groups excluding tert-OH is 1. The minimum Gasteiger partial charge on any atom is -0.396 e. The Balaban J connectivity index is 1.93. The van der Waals surface area contributed by atoms with E-state index in [1.165, 1.54) is 4.57 Å². The van der Waals surface area contributed by atoms with Crippen LogP contribution in [0.4, 0.5) is 0 Å². The van der Waals surface area contributed by atoms with Gasteiger partial charge in [0.1, 0.15) is 12.4 Å². The van der Waals surface area contributed by atoms with Crippen LogP contribution in [0.15, 0.2) is 57.8 Å². The molecule has 30 heavy (non-hydrogen) atoms. The average molecular weight is 491 g/mol. The van der Waals surface area contributed by atoms with Crippen molar-refractivity contribution in [3.63, 3.8) is 0 Å². The normalized spacial score (nSPS) is 10.8. The number of carbonyl (C=O) groups excluding carboxylic acids is 1. The number of carbonyl (C=O) groups is 1. The molecule has 3 rings (SSSR count). The molecule has 0 aliphatic heterocycles. The van der Waals surface area contributed by atoms with Gasteiger partial charge in [-0.15, -0.1) is 0 Å². The molecule has 0 fully saturated rings. The summed E-state index contributed by atoms with van der Waals surface area (Å²) in [7, 11) is 0. The molecule has 2 N–H and O–H groups in total. The third kappa shape index (κ3) is 5.36. The van der Waals surface area contributed by atoms with Gasteiger partial charge >= 0.3 is 0 Å². The SMILES string of the molecule is Cc1nc(-c2cccc(Cl)c2)n(CC(=O)NCc2cccc(Br)c2)c(=O)c1CCO. The summed E-state index contributed by atoms with van der Waals surface area (Å²) in [5.74, 6) is 0.0419. The van der Waals surface area contributed by atoms with Crippen molar-refractivity contribution in [2.24, 2.45) is 0 Å². The Kier molecular flexibility index (Phi) is 7.42. The van der Waals surface area contributed by atoms with Crippen LogP contribution in [0, 0.1) is 6.92 Å². The predicted octanol–water partition coefficient (Wildman–Crippen LogP) is 3.49. The van der Waals surface area contributed by atoms with Crippen molar-refractivity contribution >= 4 is 33.4 Å². The van der Waals surface area contributed by atoms with Gasteiger partial charge in [-0.25, -0.2) is 4.98 Å². The maximum atomic E-state index is 13.1. The Labute approximate surface area is 187 Å². The molecule has 6 nitrogen and oxygen atoms in total. The zero-order chi connectivity index (χ0) is 21.7.